The van der Waals surface area contributed by atoms with Crippen LogP contribution in [-0.4, -0.2) is 45.9 Å². The van der Waals surface area contributed by atoms with Gasteiger partial charge in [-0.05, 0) is 25.5 Å². The molecule has 0 aromatic heterocycles. The van der Waals surface area contributed by atoms with Gasteiger partial charge in [-0.25, -0.2) is 0 Å². The molecule has 9 heteroatoms. The van der Waals surface area contributed by atoms with E-state index in [2.05, 4.69) is 15.6 Å². The van der Waals surface area contributed by atoms with Crippen LogP contribution >= 0.6 is 24.0 Å². The van der Waals surface area contributed by atoms with E-state index in [9.17, 15) is 13.2 Å². The molecule has 0 atom stereocenters. The van der Waals surface area contributed by atoms with Crippen molar-refractivity contribution in [1.29, 1.82) is 0 Å². The molecular weight excluding hydrogens is 450 g/mol. The number of benzene rings is 1. The first-order valence-electron chi connectivity index (χ1n) is 7.79. The van der Waals surface area contributed by atoms with Gasteiger partial charge in [-0.15, -0.1) is 24.0 Å². The summed E-state index contributed by atoms with van der Waals surface area (Å²) >= 11 is 0. The van der Waals surface area contributed by atoms with E-state index >= 15 is 0 Å². The molecule has 0 aliphatic carbocycles. The number of halogens is 4. The van der Waals surface area contributed by atoms with Gasteiger partial charge in [-0.3, -0.25) is 4.99 Å². The Morgan fingerprint density at radius 2 is 1.88 bits per heavy atom. The topological polar surface area (TPSA) is 54.9 Å². The predicted molar refractivity (Wildman–Crippen MR) is 103 cm³/mol. The lowest BCUT2D eigenvalue weighted by atomic mass is 10.2. The maximum Gasteiger partial charge on any atom is 0.419 e. The average Bonchev–Trinajstić information content (AvgIpc) is 2.55. The van der Waals surface area contributed by atoms with Crippen molar-refractivity contribution in [2.45, 2.75) is 19.5 Å². The van der Waals surface area contributed by atoms with Crippen molar-refractivity contribution in [2.24, 2.45) is 4.99 Å². The normalized spacial score (nSPS) is 11.6. The van der Waals surface area contributed by atoms with Gasteiger partial charge in [0, 0.05) is 26.8 Å². The SMILES string of the molecule is CCNC(=NCCCOC)NCCOc1ccccc1C(F)(F)F.I. The number of rotatable bonds is 9. The van der Waals surface area contributed by atoms with Crippen LogP contribution in [0.5, 0.6) is 5.75 Å². The van der Waals surface area contributed by atoms with E-state index in [0.29, 0.717) is 32.2 Å². The number of hydrogen-bond acceptors (Lipinski definition) is 3. The van der Waals surface area contributed by atoms with Crippen molar-refractivity contribution in [2.75, 3.05) is 40.0 Å². The highest BCUT2D eigenvalue weighted by atomic mass is 127. The van der Waals surface area contributed by atoms with Gasteiger partial charge in [0.2, 0.25) is 0 Å². The summed E-state index contributed by atoms with van der Waals surface area (Å²) in [5.74, 6) is 0.426. The Hall–Kier alpha value is -1.23. The fourth-order valence-corrected chi connectivity index (χ4v) is 1.90. The van der Waals surface area contributed by atoms with Gasteiger partial charge in [0.15, 0.2) is 5.96 Å². The summed E-state index contributed by atoms with van der Waals surface area (Å²) in [7, 11) is 1.63. The third-order valence-corrected chi connectivity index (χ3v) is 2.97. The maximum absolute atomic E-state index is 12.9. The monoisotopic (exact) mass is 475 g/mol. The molecule has 0 heterocycles. The van der Waals surface area contributed by atoms with Crippen LogP contribution in [0.15, 0.2) is 29.3 Å². The Balaban J connectivity index is 0.00000576. The minimum atomic E-state index is -4.43. The fraction of sp³-hybridized carbons (Fsp3) is 0.562. The summed E-state index contributed by atoms with van der Waals surface area (Å²) in [6, 6.07) is 5.17. The smallest absolute Gasteiger partial charge is 0.419 e. The first-order chi connectivity index (χ1) is 11.5. The van der Waals surface area contributed by atoms with Crippen LogP contribution in [0.25, 0.3) is 0 Å². The number of aliphatic imine (C=N–C) groups is 1. The Morgan fingerprint density at radius 1 is 1.16 bits per heavy atom. The summed E-state index contributed by atoms with van der Waals surface area (Å²) in [6.45, 7) is 4.27. The third-order valence-electron chi connectivity index (χ3n) is 2.97. The van der Waals surface area contributed by atoms with Gasteiger partial charge < -0.3 is 20.1 Å². The van der Waals surface area contributed by atoms with Crippen LogP contribution in [0.4, 0.5) is 13.2 Å². The van der Waals surface area contributed by atoms with E-state index in [0.717, 1.165) is 12.5 Å². The van der Waals surface area contributed by atoms with E-state index in [4.69, 9.17) is 9.47 Å². The molecule has 1 aromatic rings. The van der Waals surface area contributed by atoms with E-state index in [1.807, 2.05) is 6.92 Å². The van der Waals surface area contributed by atoms with Gasteiger partial charge in [0.1, 0.15) is 12.4 Å². The molecule has 144 valence electrons. The quantitative estimate of drug-likeness (QED) is 0.249. The number of hydrogen-bond donors (Lipinski definition) is 2. The molecule has 1 rings (SSSR count). The van der Waals surface area contributed by atoms with Gasteiger partial charge >= 0.3 is 6.18 Å². The van der Waals surface area contributed by atoms with E-state index < -0.39 is 11.7 Å². The number of ether oxygens (including phenoxy) is 2. The maximum atomic E-state index is 12.9. The Morgan fingerprint density at radius 3 is 2.52 bits per heavy atom. The molecule has 25 heavy (non-hydrogen) atoms. The van der Waals surface area contributed by atoms with Crippen LogP contribution in [0.1, 0.15) is 18.9 Å². The lowest BCUT2D eigenvalue weighted by Crippen LogP contribution is -2.39. The fourth-order valence-electron chi connectivity index (χ4n) is 1.90. The van der Waals surface area contributed by atoms with Crippen LogP contribution in [0.3, 0.4) is 0 Å². The highest BCUT2D eigenvalue weighted by Crippen LogP contribution is 2.35. The largest absolute Gasteiger partial charge is 0.491 e. The minimum Gasteiger partial charge on any atom is -0.491 e. The van der Waals surface area contributed by atoms with Gasteiger partial charge in [-0.2, -0.15) is 13.2 Å². The standard InChI is InChI=1S/C16H24F3N3O2.HI/c1-3-20-15(21-9-6-11-23-2)22-10-12-24-14-8-5-4-7-13(14)16(17,18)19;/h4-5,7-8H,3,6,9-12H2,1-2H3,(H2,20,21,22);1H. The first kappa shape index (κ1) is 23.8. The molecule has 0 saturated carbocycles. The number of methoxy groups -OCH3 is 1. The molecule has 0 spiro atoms. The van der Waals surface area contributed by atoms with Crippen molar-refractivity contribution < 1.29 is 22.6 Å². The van der Waals surface area contributed by atoms with Crippen molar-refractivity contribution in [3.8, 4) is 5.75 Å². The van der Waals surface area contributed by atoms with Gasteiger partial charge in [-0.1, -0.05) is 12.1 Å². The zero-order chi connectivity index (χ0) is 17.8. The summed E-state index contributed by atoms with van der Waals surface area (Å²) in [6.07, 6.45) is -3.63. The number of alkyl halides is 3. The molecule has 0 unspecified atom stereocenters. The van der Waals surface area contributed by atoms with E-state index in [1.54, 1.807) is 7.11 Å². The predicted octanol–water partition coefficient (Wildman–Crippen LogP) is 3.29. The second-order valence-corrected chi connectivity index (χ2v) is 4.88. The molecular formula is C16H25F3IN3O2. The van der Waals surface area contributed by atoms with Gasteiger partial charge in [0.05, 0.1) is 12.1 Å². The molecule has 0 saturated heterocycles. The van der Waals surface area contributed by atoms with E-state index in [-0.39, 0.29) is 36.3 Å². The number of para-hydroxylation sites is 1. The molecule has 0 aliphatic heterocycles. The molecule has 0 radical (unpaired) electrons. The summed E-state index contributed by atoms with van der Waals surface area (Å²) in [5.41, 5.74) is -0.773. The zero-order valence-corrected chi connectivity index (χ0v) is 16.7. The molecule has 5 nitrogen and oxygen atoms in total. The van der Waals surface area contributed by atoms with Crippen LogP contribution in [0.2, 0.25) is 0 Å². The van der Waals surface area contributed by atoms with E-state index in [1.165, 1.54) is 18.2 Å². The average molecular weight is 475 g/mol. The summed E-state index contributed by atoms with van der Waals surface area (Å²) in [5, 5.41) is 6.07. The molecule has 0 bridgehead atoms. The highest BCUT2D eigenvalue weighted by molar-refractivity contribution is 14.0. The third kappa shape index (κ3) is 9.73. The van der Waals surface area contributed by atoms with Crippen LogP contribution in [0, 0.1) is 0 Å². The molecule has 1 aromatic carbocycles. The number of nitrogens with one attached hydrogen (secondary N) is 2. The molecule has 2 N–H and O–H groups in total. The molecule has 0 aliphatic rings. The number of guanidine groups is 1. The van der Waals surface area contributed by atoms with Crippen LogP contribution < -0.4 is 15.4 Å². The Bertz CT molecular complexity index is 514. The molecule has 0 fully saturated rings. The van der Waals surface area contributed by atoms with Crippen LogP contribution in [-0.2, 0) is 10.9 Å². The second kappa shape index (κ2) is 13.0. The highest BCUT2D eigenvalue weighted by Gasteiger charge is 2.33. The Labute approximate surface area is 163 Å². The van der Waals surface area contributed by atoms with Gasteiger partial charge in [0.25, 0.3) is 0 Å². The lowest BCUT2D eigenvalue weighted by Gasteiger charge is -2.15. The first-order valence-corrected chi connectivity index (χ1v) is 7.79. The number of nitrogens with zero attached hydrogens (tertiary/aromatic N) is 1. The summed E-state index contributed by atoms with van der Waals surface area (Å²) in [4.78, 5) is 4.33. The van der Waals surface area contributed by atoms with Crippen molar-refractivity contribution in [3.05, 3.63) is 29.8 Å². The van der Waals surface area contributed by atoms with Crippen molar-refractivity contribution in [1.82, 2.24) is 10.6 Å². The summed E-state index contributed by atoms with van der Waals surface area (Å²) < 4.78 is 48.8. The van der Waals surface area contributed by atoms with Crippen molar-refractivity contribution >= 4 is 29.9 Å². The molecule has 0 amide bonds. The van der Waals surface area contributed by atoms with Crippen molar-refractivity contribution in [3.63, 3.8) is 0 Å². The zero-order valence-electron chi connectivity index (χ0n) is 14.4. The second-order valence-electron chi connectivity index (χ2n) is 4.88. The minimum absolute atomic E-state index is 0. The lowest BCUT2D eigenvalue weighted by molar-refractivity contribution is -0.138. The Kier molecular flexibility index (Phi) is 12.4.